The Bertz CT molecular complexity index is 553. The molecule has 1 aromatic carbocycles. The van der Waals surface area contributed by atoms with E-state index < -0.39 is 0 Å². The number of nitrogens with zero attached hydrogens (tertiary/aromatic N) is 2. The van der Waals surface area contributed by atoms with Crippen LogP contribution in [0.4, 0.5) is 0 Å². The summed E-state index contributed by atoms with van der Waals surface area (Å²) in [6.45, 7) is 0. The third kappa shape index (κ3) is 2.26. The largest absolute Gasteiger partial charge is 0.389 e. The van der Waals surface area contributed by atoms with Gasteiger partial charge in [-0.2, -0.15) is 5.10 Å². The molecule has 82 valence electrons. The van der Waals surface area contributed by atoms with Gasteiger partial charge in [-0.25, -0.2) is 4.68 Å². The lowest BCUT2D eigenvalue weighted by Crippen LogP contribution is -2.13. The van der Waals surface area contributed by atoms with Crippen molar-refractivity contribution >= 4 is 44.7 Å². The first-order valence-corrected chi connectivity index (χ1v) is 5.96. The Kier molecular flexibility index (Phi) is 3.28. The van der Waals surface area contributed by atoms with E-state index in [0.29, 0.717) is 10.0 Å². The zero-order valence-corrected chi connectivity index (χ0v) is 11.2. The van der Waals surface area contributed by atoms with Crippen LogP contribution >= 0.6 is 39.7 Å². The molecule has 0 unspecified atom stereocenters. The summed E-state index contributed by atoms with van der Waals surface area (Å²) in [5.41, 5.74) is 7.16. The highest BCUT2D eigenvalue weighted by atomic mass is 79.9. The van der Waals surface area contributed by atoms with Crippen LogP contribution in [0, 0.1) is 0 Å². The zero-order chi connectivity index (χ0) is 11.7. The first-order chi connectivity index (χ1) is 7.58. The van der Waals surface area contributed by atoms with Crippen molar-refractivity contribution in [3.8, 4) is 5.69 Å². The molecule has 2 aromatic rings. The minimum atomic E-state index is 0.318. The lowest BCUT2D eigenvalue weighted by atomic mass is 10.2. The van der Waals surface area contributed by atoms with E-state index in [1.165, 1.54) is 0 Å². The Labute approximate surface area is 111 Å². The number of rotatable bonds is 2. The number of nitrogens with two attached hydrogens (primary N) is 1. The minimum absolute atomic E-state index is 0.318. The average Bonchev–Trinajstić information content (AvgIpc) is 2.64. The van der Waals surface area contributed by atoms with Crippen LogP contribution in [0.1, 0.15) is 5.56 Å². The summed E-state index contributed by atoms with van der Waals surface area (Å²) in [5.74, 6) is 0. The average molecular weight is 317 g/mol. The van der Waals surface area contributed by atoms with Gasteiger partial charge in [-0.05, 0) is 34.1 Å². The highest BCUT2D eigenvalue weighted by Gasteiger charge is 2.09. The van der Waals surface area contributed by atoms with Crippen LogP contribution in [0.15, 0.2) is 35.1 Å². The van der Waals surface area contributed by atoms with Crippen molar-refractivity contribution in [2.75, 3.05) is 0 Å². The van der Waals surface area contributed by atoms with Gasteiger partial charge in [0.2, 0.25) is 0 Å². The Morgan fingerprint density at radius 1 is 1.50 bits per heavy atom. The van der Waals surface area contributed by atoms with Gasteiger partial charge in [-0.3, -0.25) is 0 Å². The second kappa shape index (κ2) is 4.53. The molecule has 3 nitrogen and oxygen atoms in total. The predicted octanol–water partition coefficient (Wildman–Crippen LogP) is 2.92. The molecule has 0 atom stereocenters. The number of benzene rings is 1. The molecule has 0 fully saturated rings. The maximum atomic E-state index is 5.94. The third-order valence-corrected chi connectivity index (χ3v) is 2.89. The second-order valence-electron chi connectivity index (χ2n) is 3.13. The fraction of sp³-hybridized carbons (Fsp3) is 0. The van der Waals surface area contributed by atoms with Crippen molar-refractivity contribution in [2.45, 2.75) is 0 Å². The molecule has 0 spiro atoms. The van der Waals surface area contributed by atoms with Crippen LogP contribution in [0.5, 0.6) is 0 Å². The van der Waals surface area contributed by atoms with Crippen molar-refractivity contribution in [3.63, 3.8) is 0 Å². The number of aromatic nitrogens is 2. The lowest BCUT2D eigenvalue weighted by Gasteiger charge is -2.08. The number of hydrogen-bond acceptors (Lipinski definition) is 2. The van der Waals surface area contributed by atoms with Gasteiger partial charge in [0.25, 0.3) is 0 Å². The van der Waals surface area contributed by atoms with Crippen molar-refractivity contribution in [1.29, 1.82) is 0 Å². The maximum absolute atomic E-state index is 5.94. The van der Waals surface area contributed by atoms with Crippen LogP contribution in [0.3, 0.4) is 0 Å². The molecule has 0 saturated carbocycles. The Morgan fingerprint density at radius 3 is 2.81 bits per heavy atom. The molecular weight excluding hydrogens is 310 g/mol. The fourth-order valence-electron chi connectivity index (χ4n) is 1.34. The summed E-state index contributed by atoms with van der Waals surface area (Å²) >= 11 is 14.3. The van der Waals surface area contributed by atoms with E-state index in [0.717, 1.165) is 15.7 Å². The van der Waals surface area contributed by atoms with Crippen molar-refractivity contribution in [2.24, 2.45) is 5.73 Å². The van der Waals surface area contributed by atoms with E-state index in [1.54, 1.807) is 29.1 Å². The molecule has 0 saturated heterocycles. The maximum Gasteiger partial charge on any atom is 0.106 e. The summed E-state index contributed by atoms with van der Waals surface area (Å²) in [5, 5.41) is 4.78. The Balaban J connectivity index is 2.62. The topological polar surface area (TPSA) is 43.8 Å². The van der Waals surface area contributed by atoms with Crippen LogP contribution in [-0.2, 0) is 0 Å². The summed E-state index contributed by atoms with van der Waals surface area (Å²) in [7, 11) is 0. The Morgan fingerprint density at radius 2 is 2.25 bits per heavy atom. The monoisotopic (exact) mass is 315 g/mol. The normalized spacial score (nSPS) is 10.4. The van der Waals surface area contributed by atoms with E-state index >= 15 is 0 Å². The minimum Gasteiger partial charge on any atom is -0.389 e. The van der Waals surface area contributed by atoms with Crippen molar-refractivity contribution in [3.05, 3.63) is 45.7 Å². The smallest absolute Gasteiger partial charge is 0.106 e. The van der Waals surface area contributed by atoms with Crippen molar-refractivity contribution < 1.29 is 0 Å². The first kappa shape index (κ1) is 11.6. The van der Waals surface area contributed by atoms with E-state index in [1.807, 2.05) is 6.20 Å². The summed E-state index contributed by atoms with van der Waals surface area (Å²) in [4.78, 5) is 0.318. The molecule has 0 aliphatic rings. The van der Waals surface area contributed by atoms with Gasteiger partial charge >= 0.3 is 0 Å². The quantitative estimate of drug-likeness (QED) is 0.866. The third-order valence-electron chi connectivity index (χ3n) is 2.02. The van der Waals surface area contributed by atoms with Crippen LogP contribution in [-0.4, -0.2) is 14.8 Å². The highest BCUT2D eigenvalue weighted by molar-refractivity contribution is 9.10. The molecule has 16 heavy (non-hydrogen) atoms. The molecule has 0 amide bonds. The van der Waals surface area contributed by atoms with Gasteiger partial charge in [0.05, 0.1) is 16.4 Å². The van der Waals surface area contributed by atoms with Crippen LogP contribution in [0.2, 0.25) is 5.02 Å². The van der Waals surface area contributed by atoms with Crippen LogP contribution in [0.25, 0.3) is 5.69 Å². The summed E-state index contributed by atoms with van der Waals surface area (Å²) in [6, 6.07) is 5.31. The fourth-order valence-corrected chi connectivity index (χ4v) is 1.96. The SMILES string of the molecule is NC(=S)c1ccc(Cl)cc1-n1cc(Br)cn1. The number of thiocarbonyl (C=S) groups is 1. The predicted molar refractivity (Wildman–Crippen MR) is 72.2 cm³/mol. The molecule has 0 aliphatic carbocycles. The zero-order valence-electron chi connectivity index (χ0n) is 8.02. The van der Waals surface area contributed by atoms with Crippen molar-refractivity contribution in [1.82, 2.24) is 9.78 Å². The van der Waals surface area contributed by atoms with Crippen LogP contribution < -0.4 is 5.73 Å². The molecule has 0 bridgehead atoms. The van der Waals surface area contributed by atoms with Gasteiger partial charge in [-0.15, -0.1) is 0 Å². The molecule has 6 heteroatoms. The van der Waals surface area contributed by atoms with Gasteiger partial charge in [0.1, 0.15) is 4.99 Å². The van der Waals surface area contributed by atoms with Gasteiger partial charge in [0.15, 0.2) is 0 Å². The standard InChI is InChI=1S/C10H7BrClN3S/c11-6-4-14-15(5-6)9-3-7(12)1-2-8(9)10(13)16/h1-5H,(H2,13,16). The molecule has 2 N–H and O–H groups in total. The van der Waals surface area contributed by atoms with E-state index in [9.17, 15) is 0 Å². The highest BCUT2D eigenvalue weighted by Crippen LogP contribution is 2.21. The lowest BCUT2D eigenvalue weighted by molar-refractivity contribution is 0.878. The summed E-state index contributed by atoms with van der Waals surface area (Å²) in [6.07, 6.45) is 3.50. The number of hydrogen-bond donors (Lipinski definition) is 1. The molecule has 0 radical (unpaired) electrons. The molecule has 0 aliphatic heterocycles. The van der Waals surface area contributed by atoms with Gasteiger partial charge in [0, 0.05) is 16.8 Å². The molecule has 1 heterocycles. The molecule has 1 aromatic heterocycles. The molecular formula is C10H7BrClN3S. The number of halogens is 2. The summed E-state index contributed by atoms with van der Waals surface area (Å²) < 4.78 is 2.55. The first-order valence-electron chi connectivity index (χ1n) is 4.38. The van der Waals surface area contributed by atoms with Gasteiger partial charge < -0.3 is 5.73 Å². The Hall–Kier alpha value is -0.910. The van der Waals surface area contributed by atoms with E-state index in [2.05, 4.69) is 21.0 Å². The molecule has 2 rings (SSSR count). The van der Waals surface area contributed by atoms with Gasteiger partial charge in [-0.1, -0.05) is 23.8 Å². The van der Waals surface area contributed by atoms with E-state index in [4.69, 9.17) is 29.6 Å². The van der Waals surface area contributed by atoms with E-state index in [-0.39, 0.29) is 0 Å². The second-order valence-corrected chi connectivity index (χ2v) is 4.92.